The van der Waals surface area contributed by atoms with Crippen LogP contribution in [0.1, 0.15) is 58.1 Å². The molecule has 6 heteroatoms. The molecule has 4 rings (SSSR count). The Balaban J connectivity index is 1.65. The van der Waals surface area contributed by atoms with Gasteiger partial charge in [-0.3, -0.25) is 9.59 Å². The second-order valence-corrected chi connectivity index (χ2v) is 9.93. The van der Waals surface area contributed by atoms with E-state index in [1.807, 2.05) is 38.1 Å². The van der Waals surface area contributed by atoms with E-state index >= 15 is 0 Å². The van der Waals surface area contributed by atoms with Crippen molar-refractivity contribution in [3.05, 3.63) is 45.6 Å². The Bertz CT molecular complexity index is 847. The lowest BCUT2D eigenvalue weighted by atomic mass is 9.74. The van der Waals surface area contributed by atoms with Crippen LogP contribution in [-0.4, -0.2) is 41.9 Å². The Morgan fingerprint density at radius 2 is 1.93 bits per heavy atom. The van der Waals surface area contributed by atoms with Crippen molar-refractivity contribution < 1.29 is 19.1 Å². The van der Waals surface area contributed by atoms with E-state index in [0.29, 0.717) is 24.6 Å². The molecule has 1 amide bonds. The second kappa shape index (κ2) is 8.83. The number of ether oxygens (including phenoxy) is 2. The van der Waals surface area contributed by atoms with Crippen LogP contribution in [0.3, 0.4) is 0 Å². The lowest BCUT2D eigenvalue weighted by molar-refractivity contribution is -0.136. The first kappa shape index (κ1) is 21.6. The molecule has 30 heavy (non-hydrogen) atoms. The number of amides is 1. The highest BCUT2D eigenvalue weighted by molar-refractivity contribution is 9.10. The van der Waals surface area contributed by atoms with Crippen LogP contribution in [0.15, 0.2) is 40.1 Å². The number of nitrogens with zero attached hydrogens (tertiary/aromatic N) is 1. The van der Waals surface area contributed by atoms with Crippen LogP contribution in [-0.2, 0) is 19.1 Å². The molecule has 0 spiro atoms. The summed E-state index contributed by atoms with van der Waals surface area (Å²) in [4.78, 5) is 28.7. The third-order valence-corrected chi connectivity index (χ3v) is 6.91. The van der Waals surface area contributed by atoms with Gasteiger partial charge in [0, 0.05) is 17.6 Å². The summed E-state index contributed by atoms with van der Waals surface area (Å²) >= 11 is 3.48. The fourth-order valence-corrected chi connectivity index (χ4v) is 5.17. The van der Waals surface area contributed by atoms with Gasteiger partial charge in [-0.15, -0.1) is 0 Å². The summed E-state index contributed by atoms with van der Waals surface area (Å²) in [6.07, 6.45) is 3.43. The molecular weight excluding hydrogens is 446 g/mol. The molecule has 0 radical (unpaired) electrons. The monoisotopic (exact) mass is 475 g/mol. The number of hydrogen-bond donors (Lipinski definition) is 0. The predicted octanol–water partition coefficient (Wildman–Crippen LogP) is 4.81. The minimum absolute atomic E-state index is 0.106. The highest BCUT2D eigenvalue weighted by Gasteiger charge is 2.52. The first-order valence-electron chi connectivity index (χ1n) is 11.0. The summed E-state index contributed by atoms with van der Waals surface area (Å²) in [5.41, 5.74) is 1.50. The SMILES string of the molecule is CC1CCC2OC3=C(C(=O)C2C1)C(c1ccc(Br)cc1)N(CCCOC(C)C)C3=O. The molecule has 162 valence electrons. The summed E-state index contributed by atoms with van der Waals surface area (Å²) in [5, 5.41) is 0. The molecule has 4 unspecified atom stereocenters. The van der Waals surface area contributed by atoms with Gasteiger partial charge in [-0.1, -0.05) is 35.0 Å². The molecule has 3 aliphatic rings. The Kier molecular flexibility index (Phi) is 6.35. The molecule has 1 aromatic rings. The van der Waals surface area contributed by atoms with Crippen LogP contribution in [0.5, 0.6) is 0 Å². The quantitative estimate of drug-likeness (QED) is 0.554. The lowest BCUT2D eigenvalue weighted by Gasteiger charge is -2.37. The number of rotatable bonds is 6. The minimum atomic E-state index is -0.384. The molecular formula is C24H30BrNO4. The van der Waals surface area contributed by atoms with Crippen LogP contribution in [0, 0.1) is 11.8 Å². The van der Waals surface area contributed by atoms with E-state index in [9.17, 15) is 9.59 Å². The molecule has 2 heterocycles. The normalized spacial score (nSPS) is 28.6. The lowest BCUT2D eigenvalue weighted by Crippen LogP contribution is -2.41. The third-order valence-electron chi connectivity index (χ3n) is 6.39. The van der Waals surface area contributed by atoms with Crippen LogP contribution in [0.2, 0.25) is 0 Å². The van der Waals surface area contributed by atoms with E-state index in [2.05, 4.69) is 22.9 Å². The summed E-state index contributed by atoms with van der Waals surface area (Å²) in [6.45, 7) is 7.31. The first-order valence-corrected chi connectivity index (χ1v) is 11.8. The zero-order valence-electron chi connectivity index (χ0n) is 17.9. The van der Waals surface area contributed by atoms with E-state index in [-0.39, 0.29) is 41.6 Å². The van der Waals surface area contributed by atoms with Crippen molar-refractivity contribution in [2.45, 2.75) is 64.7 Å². The number of carbonyl (C=O) groups is 2. The smallest absolute Gasteiger partial charge is 0.290 e. The molecule has 2 aliphatic heterocycles. The Morgan fingerprint density at radius 1 is 1.20 bits per heavy atom. The number of fused-ring (bicyclic) bond motifs is 1. The van der Waals surface area contributed by atoms with Crippen molar-refractivity contribution in [3.8, 4) is 0 Å². The van der Waals surface area contributed by atoms with Crippen molar-refractivity contribution >= 4 is 27.6 Å². The topological polar surface area (TPSA) is 55.8 Å². The standard InChI is InChI=1S/C24H30BrNO4/c1-14(2)29-12-4-11-26-21(16-6-8-17(25)9-7-16)20-22(27)18-13-15(3)5-10-19(18)30-23(20)24(26)28/h6-9,14-15,18-19,21H,4-5,10-13H2,1-3H3. The second-order valence-electron chi connectivity index (χ2n) is 9.01. The molecule has 0 N–H and O–H groups in total. The Labute approximate surface area is 186 Å². The van der Waals surface area contributed by atoms with Gasteiger partial charge < -0.3 is 14.4 Å². The maximum atomic E-state index is 13.6. The van der Waals surface area contributed by atoms with Crippen LogP contribution < -0.4 is 0 Å². The summed E-state index contributed by atoms with van der Waals surface area (Å²) in [6, 6.07) is 7.50. The fraction of sp³-hybridized carbons (Fsp3) is 0.583. The predicted molar refractivity (Wildman–Crippen MR) is 118 cm³/mol. The van der Waals surface area contributed by atoms with Crippen LogP contribution in [0.4, 0.5) is 0 Å². The molecule has 5 nitrogen and oxygen atoms in total. The van der Waals surface area contributed by atoms with E-state index in [4.69, 9.17) is 9.47 Å². The van der Waals surface area contributed by atoms with Crippen molar-refractivity contribution in [1.29, 1.82) is 0 Å². The van der Waals surface area contributed by atoms with E-state index in [0.717, 1.165) is 35.7 Å². The van der Waals surface area contributed by atoms with Crippen LogP contribution >= 0.6 is 15.9 Å². The average molecular weight is 476 g/mol. The zero-order valence-corrected chi connectivity index (χ0v) is 19.5. The van der Waals surface area contributed by atoms with Crippen molar-refractivity contribution in [1.82, 2.24) is 4.90 Å². The van der Waals surface area contributed by atoms with Gasteiger partial charge >= 0.3 is 0 Å². The van der Waals surface area contributed by atoms with Gasteiger partial charge in [-0.2, -0.15) is 0 Å². The van der Waals surface area contributed by atoms with Crippen molar-refractivity contribution in [3.63, 3.8) is 0 Å². The Hall–Kier alpha value is -1.66. The zero-order chi connectivity index (χ0) is 21.4. The van der Waals surface area contributed by atoms with Gasteiger partial charge in [0.2, 0.25) is 0 Å². The summed E-state index contributed by atoms with van der Waals surface area (Å²) in [5.74, 6) is 0.604. The molecule has 1 aromatic carbocycles. The van der Waals surface area contributed by atoms with Crippen molar-refractivity contribution in [2.24, 2.45) is 11.8 Å². The summed E-state index contributed by atoms with van der Waals surface area (Å²) in [7, 11) is 0. The number of benzene rings is 1. The van der Waals surface area contributed by atoms with Gasteiger partial charge in [-0.25, -0.2) is 0 Å². The van der Waals surface area contributed by atoms with Gasteiger partial charge in [0.25, 0.3) is 5.91 Å². The number of Topliss-reactive ketones (excluding diaryl/α,β-unsaturated/α-hetero) is 1. The fourth-order valence-electron chi connectivity index (χ4n) is 4.90. The maximum Gasteiger partial charge on any atom is 0.290 e. The maximum absolute atomic E-state index is 13.6. The highest BCUT2D eigenvalue weighted by Crippen LogP contribution is 2.47. The van der Waals surface area contributed by atoms with E-state index in [1.54, 1.807) is 4.90 Å². The van der Waals surface area contributed by atoms with Gasteiger partial charge in [0.15, 0.2) is 11.5 Å². The summed E-state index contributed by atoms with van der Waals surface area (Å²) < 4.78 is 12.9. The third kappa shape index (κ3) is 4.09. The van der Waals surface area contributed by atoms with E-state index < -0.39 is 0 Å². The molecule has 0 saturated heterocycles. The Morgan fingerprint density at radius 3 is 2.63 bits per heavy atom. The van der Waals surface area contributed by atoms with Gasteiger partial charge in [-0.05, 0) is 63.1 Å². The number of ketones is 1. The molecule has 1 fully saturated rings. The molecule has 1 saturated carbocycles. The number of carbonyl (C=O) groups excluding carboxylic acids is 2. The molecule has 0 aromatic heterocycles. The molecule has 1 aliphatic carbocycles. The van der Waals surface area contributed by atoms with Crippen LogP contribution in [0.25, 0.3) is 0 Å². The average Bonchev–Trinajstić information content (AvgIpc) is 2.99. The van der Waals surface area contributed by atoms with Gasteiger partial charge in [0.1, 0.15) is 6.10 Å². The van der Waals surface area contributed by atoms with E-state index in [1.165, 1.54) is 0 Å². The van der Waals surface area contributed by atoms with Gasteiger partial charge in [0.05, 0.1) is 23.6 Å². The largest absolute Gasteiger partial charge is 0.483 e. The molecule has 4 atom stereocenters. The number of halogens is 1. The highest BCUT2D eigenvalue weighted by atomic mass is 79.9. The number of hydrogen-bond acceptors (Lipinski definition) is 4. The minimum Gasteiger partial charge on any atom is -0.483 e. The first-order chi connectivity index (χ1) is 14.4. The van der Waals surface area contributed by atoms with Crippen molar-refractivity contribution in [2.75, 3.05) is 13.2 Å². The molecule has 0 bridgehead atoms.